The topological polar surface area (TPSA) is 52.4 Å². The third-order valence-corrected chi connectivity index (χ3v) is 6.27. The summed E-state index contributed by atoms with van der Waals surface area (Å²) < 4.78 is 6.45. The zero-order valence-corrected chi connectivity index (χ0v) is 16.0. The number of aromatic nitrogens is 1. The third-order valence-electron chi connectivity index (χ3n) is 5.45. The van der Waals surface area contributed by atoms with Gasteiger partial charge < -0.3 is 9.64 Å². The fourth-order valence-electron chi connectivity index (χ4n) is 4.13. The number of anilines is 1. The number of benzene rings is 1. The van der Waals surface area contributed by atoms with Gasteiger partial charge >= 0.3 is 0 Å². The maximum Gasteiger partial charge on any atom is 0.106 e. The summed E-state index contributed by atoms with van der Waals surface area (Å²) in [5.41, 5.74) is 3.35. The summed E-state index contributed by atoms with van der Waals surface area (Å²) in [7, 11) is 0. The molecule has 1 fully saturated rings. The Morgan fingerprint density at radius 3 is 2.81 bits per heavy atom. The molecule has 1 aromatic carbocycles. The molecule has 0 atom stereocenters. The molecule has 0 aliphatic carbocycles. The Bertz CT molecular complexity index is 804. The van der Waals surface area contributed by atoms with E-state index in [0.29, 0.717) is 13.2 Å². The van der Waals surface area contributed by atoms with Crippen molar-refractivity contribution in [3.8, 4) is 6.07 Å². The molecular formula is C20H24N4OS. The van der Waals surface area contributed by atoms with E-state index in [1.807, 2.05) is 0 Å². The number of rotatable bonds is 3. The molecule has 0 amide bonds. The first-order valence-corrected chi connectivity index (χ1v) is 10.1. The minimum atomic E-state index is -0.227. The van der Waals surface area contributed by atoms with Crippen molar-refractivity contribution in [2.75, 3.05) is 37.7 Å². The Balaban J connectivity index is 1.53. The van der Waals surface area contributed by atoms with E-state index in [1.54, 1.807) is 11.3 Å². The normalized spacial score (nSPS) is 19.8. The number of piperidine rings is 1. The van der Waals surface area contributed by atoms with Crippen molar-refractivity contribution in [3.05, 3.63) is 45.9 Å². The Labute approximate surface area is 158 Å². The van der Waals surface area contributed by atoms with Crippen LogP contribution >= 0.6 is 11.3 Å². The smallest absolute Gasteiger partial charge is 0.106 e. The van der Waals surface area contributed by atoms with E-state index in [0.717, 1.165) is 49.7 Å². The third kappa shape index (κ3) is 3.35. The van der Waals surface area contributed by atoms with Crippen molar-refractivity contribution in [2.45, 2.75) is 31.9 Å². The number of fused-ring (bicyclic) bond motifs is 2. The molecule has 0 bridgehead atoms. The largest absolute Gasteiger partial charge is 0.368 e. The SMILES string of the molecule is Cc1nc(CN2CCC3(CC2)OCCN(CC#N)c2ccccc23)cs1. The molecule has 6 heteroatoms. The first-order chi connectivity index (χ1) is 12.7. The predicted octanol–water partition coefficient (Wildman–Crippen LogP) is 3.30. The molecule has 2 aliphatic heterocycles. The van der Waals surface area contributed by atoms with Gasteiger partial charge in [0.2, 0.25) is 0 Å². The van der Waals surface area contributed by atoms with Crippen LogP contribution in [0.1, 0.15) is 29.1 Å². The summed E-state index contributed by atoms with van der Waals surface area (Å²) in [6, 6.07) is 10.8. The number of thiazole rings is 1. The minimum absolute atomic E-state index is 0.227. The van der Waals surface area contributed by atoms with Gasteiger partial charge in [-0.1, -0.05) is 18.2 Å². The highest BCUT2D eigenvalue weighted by Crippen LogP contribution is 2.43. The monoisotopic (exact) mass is 368 g/mol. The summed E-state index contributed by atoms with van der Waals surface area (Å²) >= 11 is 1.72. The Morgan fingerprint density at radius 1 is 1.27 bits per heavy atom. The average molecular weight is 369 g/mol. The molecule has 3 heterocycles. The van der Waals surface area contributed by atoms with Crippen molar-refractivity contribution in [1.29, 1.82) is 5.26 Å². The Hall–Kier alpha value is -1.94. The molecule has 0 radical (unpaired) electrons. The molecule has 26 heavy (non-hydrogen) atoms. The zero-order chi connectivity index (χ0) is 18.0. The van der Waals surface area contributed by atoms with E-state index in [4.69, 9.17) is 4.74 Å². The van der Waals surface area contributed by atoms with E-state index < -0.39 is 0 Å². The Morgan fingerprint density at radius 2 is 2.08 bits per heavy atom. The standard InChI is InChI=1S/C20H24N4OS/c1-16-22-17(15-26-16)14-23-9-6-20(7-10-23)18-4-2-3-5-19(18)24(11-8-21)12-13-25-20/h2-5,15H,6-7,9-14H2,1H3. The van der Waals surface area contributed by atoms with Gasteiger partial charge in [-0.3, -0.25) is 4.90 Å². The van der Waals surface area contributed by atoms with Crippen LogP contribution in [0.25, 0.3) is 0 Å². The molecule has 136 valence electrons. The molecule has 2 aromatic rings. The molecule has 0 unspecified atom stereocenters. The molecule has 2 aliphatic rings. The molecular weight excluding hydrogens is 344 g/mol. The zero-order valence-electron chi connectivity index (χ0n) is 15.1. The van der Waals surface area contributed by atoms with E-state index in [-0.39, 0.29) is 5.60 Å². The second kappa shape index (κ2) is 7.36. The number of hydrogen-bond donors (Lipinski definition) is 0. The van der Waals surface area contributed by atoms with Crippen molar-refractivity contribution in [1.82, 2.24) is 9.88 Å². The lowest BCUT2D eigenvalue weighted by molar-refractivity contribution is -0.0849. The summed E-state index contributed by atoms with van der Waals surface area (Å²) in [6.07, 6.45) is 1.96. The van der Waals surface area contributed by atoms with Crippen molar-refractivity contribution >= 4 is 17.0 Å². The number of likely N-dealkylation sites (tertiary alicyclic amines) is 1. The van der Waals surface area contributed by atoms with Gasteiger partial charge in [-0.05, 0) is 25.8 Å². The number of para-hydroxylation sites is 1. The number of aryl methyl sites for hydroxylation is 1. The van der Waals surface area contributed by atoms with Crippen LogP contribution in [-0.2, 0) is 16.9 Å². The maximum absolute atomic E-state index is 9.17. The van der Waals surface area contributed by atoms with Gasteiger partial charge in [-0.25, -0.2) is 4.98 Å². The highest BCUT2D eigenvalue weighted by Gasteiger charge is 2.41. The van der Waals surface area contributed by atoms with Gasteiger partial charge in [0, 0.05) is 42.8 Å². The maximum atomic E-state index is 9.17. The molecule has 1 aromatic heterocycles. The van der Waals surface area contributed by atoms with E-state index in [1.165, 1.54) is 11.3 Å². The lowest BCUT2D eigenvalue weighted by Crippen LogP contribution is -2.44. The highest BCUT2D eigenvalue weighted by atomic mass is 32.1. The van der Waals surface area contributed by atoms with Crippen molar-refractivity contribution in [2.24, 2.45) is 0 Å². The number of nitriles is 1. The van der Waals surface area contributed by atoms with Crippen LogP contribution in [0.5, 0.6) is 0 Å². The van der Waals surface area contributed by atoms with Gasteiger partial charge in [0.25, 0.3) is 0 Å². The molecule has 5 nitrogen and oxygen atoms in total. The van der Waals surface area contributed by atoms with Crippen LogP contribution in [0.4, 0.5) is 5.69 Å². The predicted molar refractivity (Wildman–Crippen MR) is 103 cm³/mol. The second-order valence-electron chi connectivity index (χ2n) is 7.07. The van der Waals surface area contributed by atoms with Crippen LogP contribution < -0.4 is 4.90 Å². The first kappa shape index (κ1) is 17.5. The average Bonchev–Trinajstić information content (AvgIpc) is 3.01. The summed E-state index contributed by atoms with van der Waals surface area (Å²) in [5, 5.41) is 12.5. The van der Waals surface area contributed by atoms with Crippen LogP contribution in [0.2, 0.25) is 0 Å². The van der Waals surface area contributed by atoms with Crippen LogP contribution in [0.3, 0.4) is 0 Å². The van der Waals surface area contributed by atoms with Gasteiger partial charge in [0.1, 0.15) is 6.54 Å². The first-order valence-electron chi connectivity index (χ1n) is 9.19. The molecule has 4 rings (SSSR count). The lowest BCUT2D eigenvalue weighted by Gasteiger charge is -2.41. The van der Waals surface area contributed by atoms with E-state index in [9.17, 15) is 5.26 Å². The van der Waals surface area contributed by atoms with Crippen molar-refractivity contribution < 1.29 is 4.74 Å². The number of ether oxygens (including phenoxy) is 1. The van der Waals surface area contributed by atoms with Crippen LogP contribution in [0, 0.1) is 18.3 Å². The quantitative estimate of drug-likeness (QED) is 0.778. The molecule has 1 saturated heterocycles. The van der Waals surface area contributed by atoms with Crippen LogP contribution in [-0.4, -0.2) is 42.7 Å². The van der Waals surface area contributed by atoms with E-state index >= 15 is 0 Å². The molecule has 0 saturated carbocycles. The van der Waals surface area contributed by atoms with Crippen molar-refractivity contribution in [3.63, 3.8) is 0 Å². The summed E-state index contributed by atoms with van der Waals surface area (Å²) in [4.78, 5) is 9.22. The van der Waals surface area contributed by atoms with Gasteiger partial charge in [-0.15, -0.1) is 11.3 Å². The summed E-state index contributed by atoms with van der Waals surface area (Å²) in [6.45, 7) is 6.83. The fourth-order valence-corrected chi connectivity index (χ4v) is 4.73. The highest BCUT2D eigenvalue weighted by molar-refractivity contribution is 7.09. The minimum Gasteiger partial charge on any atom is -0.368 e. The molecule has 0 N–H and O–H groups in total. The van der Waals surface area contributed by atoms with Gasteiger partial charge in [-0.2, -0.15) is 5.26 Å². The number of hydrogen-bond acceptors (Lipinski definition) is 6. The van der Waals surface area contributed by atoms with Crippen LogP contribution in [0.15, 0.2) is 29.6 Å². The van der Waals surface area contributed by atoms with E-state index in [2.05, 4.69) is 57.4 Å². The lowest BCUT2D eigenvalue weighted by atomic mass is 9.83. The second-order valence-corrected chi connectivity index (χ2v) is 8.14. The Kier molecular flexibility index (Phi) is 4.94. The summed E-state index contributed by atoms with van der Waals surface area (Å²) in [5.74, 6) is 0. The van der Waals surface area contributed by atoms with Gasteiger partial charge in [0.05, 0.1) is 29.0 Å². The van der Waals surface area contributed by atoms with Gasteiger partial charge in [0.15, 0.2) is 0 Å². The fraction of sp³-hybridized carbons (Fsp3) is 0.500. The molecule has 1 spiro atoms. The number of nitrogens with zero attached hydrogens (tertiary/aromatic N) is 4.